The number of aromatic amines is 1. The summed E-state index contributed by atoms with van der Waals surface area (Å²) in [6.45, 7) is 4.75. The highest BCUT2D eigenvalue weighted by molar-refractivity contribution is 5.61. The van der Waals surface area contributed by atoms with Crippen LogP contribution in [0.2, 0.25) is 0 Å². The number of nitrogens with two attached hydrogens (primary N) is 1. The number of H-pyrrole nitrogens is 1. The van der Waals surface area contributed by atoms with Gasteiger partial charge >= 0.3 is 5.69 Å². The Morgan fingerprint density at radius 1 is 1.42 bits per heavy atom. The predicted octanol–water partition coefficient (Wildman–Crippen LogP) is 1.13. The van der Waals surface area contributed by atoms with Gasteiger partial charge in [-0.1, -0.05) is 20.3 Å². The number of nitrogens with one attached hydrogen (secondary N) is 2. The zero-order valence-electron chi connectivity index (χ0n) is 11.5. The Balaban J connectivity index is 2.26. The van der Waals surface area contributed by atoms with Crippen LogP contribution >= 0.6 is 0 Å². The Labute approximate surface area is 112 Å². The lowest BCUT2D eigenvalue weighted by Crippen LogP contribution is -2.39. The lowest BCUT2D eigenvalue weighted by atomic mass is 9.82. The van der Waals surface area contributed by atoms with E-state index in [0.717, 1.165) is 25.7 Å². The van der Waals surface area contributed by atoms with Crippen LogP contribution in [0.15, 0.2) is 9.59 Å². The molecule has 6 nitrogen and oxygen atoms in total. The summed E-state index contributed by atoms with van der Waals surface area (Å²) < 4.78 is 1.44. The average molecular weight is 266 g/mol. The molecule has 1 heterocycles. The standard InChI is InChI=1S/C13H22N4O2/c1-3-4-5-17-11(14)10(12(18)16-13(17)19)15-9-6-8(2)7-9/h8-9,15H,3-7,14H2,1-2H3,(H,16,18,19). The zero-order valence-corrected chi connectivity index (χ0v) is 11.5. The molecule has 1 aliphatic carbocycles. The Hall–Kier alpha value is -1.72. The summed E-state index contributed by atoms with van der Waals surface area (Å²) in [5.41, 5.74) is 5.46. The number of hydrogen-bond acceptors (Lipinski definition) is 4. The third-order valence-electron chi connectivity index (χ3n) is 3.70. The molecule has 19 heavy (non-hydrogen) atoms. The van der Waals surface area contributed by atoms with Gasteiger partial charge < -0.3 is 11.1 Å². The summed E-state index contributed by atoms with van der Waals surface area (Å²) in [6.07, 6.45) is 3.89. The first-order valence-electron chi connectivity index (χ1n) is 6.92. The fourth-order valence-corrected chi connectivity index (χ4v) is 2.49. The Morgan fingerprint density at radius 2 is 2.11 bits per heavy atom. The predicted molar refractivity (Wildman–Crippen MR) is 76.5 cm³/mol. The van der Waals surface area contributed by atoms with Gasteiger partial charge in [0.15, 0.2) is 0 Å². The minimum absolute atomic E-state index is 0.252. The molecule has 0 atom stereocenters. The van der Waals surface area contributed by atoms with Crippen molar-refractivity contribution < 1.29 is 0 Å². The first-order valence-corrected chi connectivity index (χ1v) is 6.92. The third-order valence-corrected chi connectivity index (χ3v) is 3.70. The largest absolute Gasteiger partial charge is 0.383 e. The molecule has 0 radical (unpaired) electrons. The van der Waals surface area contributed by atoms with Crippen LogP contribution < -0.4 is 22.3 Å². The molecule has 6 heteroatoms. The molecule has 1 aromatic heterocycles. The molecular weight excluding hydrogens is 244 g/mol. The maximum Gasteiger partial charge on any atom is 0.330 e. The quantitative estimate of drug-likeness (QED) is 0.744. The van der Waals surface area contributed by atoms with Gasteiger partial charge in [0.05, 0.1) is 0 Å². The number of hydrogen-bond donors (Lipinski definition) is 3. The summed E-state index contributed by atoms with van der Waals surface area (Å²) in [7, 11) is 0. The van der Waals surface area contributed by atoms with Crippen LogP contribution in [0.5, 0.6) is 0 Å². The van der Waals surface area contributed by atoms with E-state index >= 15 is 0 Å². The van der Waals surface area contributed by atoms with Crippen molar-refractivity contribution in [3.8, 4) is 0 Å². The molecule has 2 rings (SSSR count). The van der Waals surface area contributed by atoms with Crippen LogP contribution in [0.4, 0.5) is 11.5 Å². The maximum atomic E-state index is 11.8. The molecule has 106 valence electrons. The van der Waals surface area contributed by atoms with Crippen LogP contribution in [0, 0.1) is 5.92 Å². The molecule has 1 fully saturated rings. The van der Waals surface area contributed by atoms with Gasteiger partial charge in [0, 0.05) is 12.6 Å². The van der Waals surface area contributed by atoms with Crippen LogP contribution in [-0.4, -0.2) is 15.6 Å². The van der Waals surface area contributed by atoms with Crippen molar-refractivity contribution in [1.82, 2.24) is 9.55 Å². The molecule has 0 amide bonds. The first kappa shape index (κ1) is 13.7. The summed E-state index contributed by atoms with van der Waals surface area (Å²) in [5, 5.41) is 3.16. The van der Waals surface area contributed by atoms with Crippen LogP contribution in [-0.2, 0) is 6.54 Å². The summed E-state index contributed by atoms with van der Waals surface area (Å²) in [4.78, 5) is 25.9. The van der Waals surface area contributed by atoms with E-state index in [-0.39, 0.29) is 11.9 Å². The fraction of sp³-hybridized carbons (Fsp3) is 0.692. The second-order valence-corrected chi connectivity index (χ2v) is 5.44. The van der Waals surface area contributed by atoms with Gasteiger partial charge in [-0.2, -0.15) is 0 Å². The van der Waals surface area contributed by atoms with Crippen molar-refractivity contribution in [1.29, 1.82) is 0 Å². The van der Waals surface area contributed by atoms with E-state index in [4.69, 9.17) is 5.73 Å². The minimum Gasteiger partial charge on any atom is -0.383 e. The lowest BCUT2D eigenvalue weighted by Gasteiger charge is -2.34. The van der Waals surface area contributed by atoms with E-state index in [2.05, 4.69) is 17.2 Å². The first-order chi connectivity index (χ1) is 9.02. The van der Waals surface area contributed by atoms with Gasteiger partial charge in [-0.3, -0.25) is 14.3 Å². The maximum absolute atomic E-state index is 11.8. The second-order valence-electron chi connectivity index (χ2n) is 5.44. The van der Waals surface area contributed by atoms with Crippen molar-refractivity contribution in [2.24, 2.45) is 5.92 Å². The number of anilines is 2. The topological polar surface area (TPSA) is 92.9 Å². The highest BCUT2D eigenvalue weighted by Crippen LogP contribution is 2.29. The van der Waals surface area contributed by atoms with Crippen LogP contribution in [0.25, 0.3) is 0 Å². The Bertz CT molecular complexity index is 555. The average Bonchev–Trinajstić information content (AvgIpc) is 2.31. The number of rotatable bonds is 5. The summed E-state index contributed by atoms with van der Waals surface area (Å²) >= 11 is 0. The van der Waals surface area contributed by atoms with Gasteiger partial charge in [0.2, 0.25) is 0 Å². The molecule has 0 bridgehead atoms. The second kappa shape index (κ2) is 5.50. The van der Waals surface area contributed by atoms with Crippen molar-refractivity contribution in [3.63, 3.8) is 0 Å². The third kappa shape index (κ3) is 2.83. The van der Waals surface area contributed by atoms with E-state index in [0.29, 0.717) is 18.2 Å². The molecule has 0 aliphatic heterocycles. The van der Waals surface area contributed by atoms with Crippen molar-refractivity contribution in [2.75, 3.05) is 11.1 Å². The van der Waals surface area contributed by atoms with Gasteiger partial charge in [-0.25, -0.2) is 4.79 Å². The Morgan fingerprint density at radius 3 is 2.68 bits per heavy atom. The van der Waals surface area contributed by atoms with Gasteiger partial charge in [-0.15, -0.1) is 0 Å². The van der Waals surface area contributed by atoms with Crippen molar-refractivity contribution >= 4 is 11.5 Å². The van der Waals surface area contributed by atoms with E-state index in [9.17, 15) is 9.59 Å². The molecule has 1 saturated carbocycles. The Kier molecular flexibility index (Phi) is 3.97. The van der Waals surface area contributed by atoms with E-state index < -0.39 is 11.2 Å². The van der Waals surface area contributed by atoms with E-state index in [1.165, 1.54) is 4.57 Å². The lowest BCUT2D eigenvalue weighted by molar-refractivity contribution is 0.309. The monoisotopic (exact) mass is 266 g/mol. The SMILES string of the molecule is CCCCn1c(N)c(NC2CC(C)C2)c(=O)[nH]c1=O. The summed E-state index contributed by atoms with van der Waals surface area (Å²) in [6, 6.07) is 0.288. The summed E-state index contributed by atoms with van der Waals surface area (Å²) in [5.74, 6) is 0.936. The normalized spacial score (nSPS) is 22.0. The molecule has 0 spiro atoms. The molecule has 1 aliphatic rings. The smallest absolute Gasteiger partial charge is 0.330 e. The van der Waals surface area contributed by atoms with E-state index in [1.54, 1.807) is 0 Å². The molecule has 4 N–H and O–H groups in total. The van der Waals surface area contributed by atoms with Crippen molar-refractivity contribution in [2.45, 2.75) is 52.1 Å². The highest BCUT2D eigenvalue weighted by atomic mass is 16.2. The minimum atomic E-state index is -0.427. The molecular formula is C13H22N4O2. The molecule has 0 unspecified atom stereocenters. The van der Waals surface area contributed by atoms with E-state index in [1.807, 2.05) is 6.92 Å². The van der Waals surface area contributed by atoms with Gasteiger partial charge in [-0.05, 0) is 25.2 Å². The van der Waals surface area contributed by atoms with Gasteiger partial charge in [0.25, 0.3) is 5.56 Å². The highest BCUT2D eigenvalue weighted by Gasteiger charge is 2.27. The van der Waals surface area contributed by atoms with Crippen molar-refractivity contribution in [3.05, 3.63) is 20.8 Å². The molecule has 0 saturated heterocycles. The van der Waals surface area contributed by atoms with Crippen LogP contribution in [0.1, 0.15) is 39.5 Å². The van der Waals surface area contributed by atoms with Gasteiger partial charge in [0.1, 0.15) is 11.5 Å². The fourth-order valence-electron chi connectivity index (χ4n) is 2.49. The van der Waals surface area contributed by atoms with Crippen LogP contribution in [0.3, 0.4) is 0 Å². The molecule has 1 aromatic rings. The number of nitrogens with zero attached hydrogens (tertiary/aromatic N) is 1. The zero-order chi connectivity index (χ0) is 14.0. The number of nitrogen functional groups attached to an aromatic ring is 1. The number of aromatic nitrogens is 2. The molecule has 0 aromatic carbocycles. The number of unbranched alkanes of at least 4 members (excludes halogenated alkanes) is 1.